The molecule has 0 spiro atoms. The van der Waals surface area contributed by atoms with E-state index in [1.54, 1.807) is 0 Å². The van der Waals surface area contributed by atoms with Crippen molar-refractivity contribution in [3.8, 4) is 12.3 Å². The molecule has 2 aromatic heterocycles. The molecule has 0 fully saturated rings. The van der Waals surface area contributed by atoms with Gasteiger partial charge in [0.2, 0.25) is 5.91 Å². The number of hydrogen-bond donors (Lipinski definition) is 2. The zero-order valence-electron chi connectivity index (χ0n) is 17.3. The summed E-state index contributed by atoms with van der Waals surface area (Å²) in [6.07, 6.45) is 12.6. The van der Waals surface area contributed by atoms with E-state index in [-0.39, 0.29) is 11.6 Å². The van der Waals surface area contributed by atoms with Crippen molar-refractivity contribution in [2.75, 3.05) is 12.0 Å². The van der Waals surface area contributed by atoms with E-state index in [1.165, 1.54) is 22.1 Å². The topological polar surface area (TPSA) is 98.7 Å². The Labute approximate surface area is 180 Å². The molecule has 31 heavy (non-hydrogen) atoms. The van der Waals surface area contributed by atoms with Gasteiger partial charge in [-0.1, -0.05) is 18.4 Å². The first-order valence-electron chi connectivity index (χ1n) is 10.6. The fourth-order valence-corrected chi connectivity index (χ4v) is 4.07. The molecular formula is C23H25FN6O. The number of carbonyl (C=O) groups is 1. The smallest absolute Gasteiger partial charge is 0.311 e. The predicted molar refractivity (Wildman–Crippen MR) is 116 cm³/mol. The summed E-state index contributed by atoms with van der Waals surface area (Å²) < 4.78 is 15.6. The van der Waals surface area contributed by atoms with E-state index in [4.69, 9.17) is 12.2 Å². The Hall–Kier alpha value is -3.31. The molecule has 1 aromatic carbocycles. The minimum absolute atomic E-state index is 0.190. The lowest BCUT2D eigenvalue weighted by Crippen LogP contribution is -2.22. The highest BCUT2D eigenvalue weighted by Gasteiger charge is 2.18. The quantitative estimate of drug-likeness (QED) is 0.332. The maximum atomic E-state index is 14.3. The Balaban J connectivity index is 1.59. The third-order valence-corrected chi connectivity index (χ3v) is 5.63. The number of fused-ring (bicyclic) bond motifs is 2. The molecule has 0 atom stereocenters. The molecule has 0 radical (unpaired) electrons. The Morgan fingerprint density at radius 3 is 2.81 bits per heavy atom. The Kier molecular flexibility index (Phi) is 6.23. The number of carbonyl (C=O) groups excluding carboxylic acids is 1. The maximum Gasteiger partial charge on any atom is 0.311 e. The van der Waals surface area contributed by atoms with Gasteiger partial charge in [0.05, 0.1) is 5.69 Å². The van der Waals surface area contributed by atoms with Crippen LogP contribution in [0.5, 0.6) is 0 Å². The second kappa shape index (κ2) is 9.23. The van der Waals surface area contributed by atoms with Crippen LogP contribution in [0, 0.1) is 18.4 Å². The summed E-state index contributed by atoms with van der Waals surface area (Å²) in [5.74, 6) is 2.55. The molecule has 2 heterocycles. The van der Waals surface area contributed by atoms with E-state index in [2.05, 4.69) is 38.4 Å². The van der Waals surface area contributed by atoms with Crippen molar-refractivity contribution < 1.29 is 9.18 Å². The lowest BCUT2D eigenvalue weighted by atomic mass is 9.97. The number of amides is 1. The van der Waals surface area contributed by atoms with Gasteiger partial charge in [-0.2, -0.15) is 9.37 Å². The number of terminal acetylenes is 1. The monoisotopic (exact) mass is 420 g/mol. The van der Waals surface area contributed by atoms with Gasteiger partial charge in [0.1, 0.15) is 11.8 Å². The van der Waals surface area contributed by atoms with Crippen LogP contribution in [-0.4, -0.2) is 32.1 Å². The third-order valence-electron chi connectivity index (χ3n) is 5.63. The lowest BCUT2D eigenvalue weighted by Gasteiger charge is -2.10. The molecule has 3 aromatic rings. The normalized spacial score (nSPS) is 12.7. The molecule has 160 valence electrons. The number of nitrogens with zero attached hydrogens (tertiary/aromatic N) is 4. The molecular weight excluding hydrogens is 395 g/mol. The van der Waals surface area contributed by atoms with Gasteiger partial charge in [0, 0.05) is 18.4 Å². The number of hydrogen-bond acceptors (Lipinski definition) is 5. The summed E-state index contributed by atoms with van der Waals surface area (Å²) in [7, 11) is 0. The number of nitrogens with one attached hydrogen (secondary N) is 1. The van der Waals surface area contributed by atoms with Gasteiger partial charge in [-0.15, -0.1) is 6.42 Å². The van der Waals surface area contributed by atoms with Gasteiger partial charge in [-0.05, 0) is 61.4 Å². The second-order valence-electron chi connectivity index (χ2n) is 7.81. The van der Waals surface area contributed by atoms with E-state index in [0.29, 0.717) is 30.6 Å². The van der Waals surface area contributed by atoms with Crippen LogP contribution in [0.1, 0.15) is 60.1 Å². The SMILES string of the molecule is C#Cc1cc2c(cc1Cc1nc(F)nc3c1ncn3NC(=O)CCCCCN)CCC2. The van der Waals surface area contributed by atoms with Crippen LogP contribution in [0.4, 0.5) is 4.39 Å². The van der Waals surface area contributed by atoms with Gasteiger partial charge in [0.25, 0.3) is 0 Å². The van der Waals surface area contributed by atoms with Crippen molar-refractivity contribution in [2.45, 2.75) is 51.4 Å². The standard InChI is InChI=1S/C23H25FN6O/c1-2-15-11-16-7-6-8-17(16)12-18(15)13-19-21-22(28-23(24)27-19)30(14-26-21)29-20(31)9-4-3-5-10-25/h1,11-12,14H,3-10,13,25H2,(H,29,31). The first-order chi connectivity index (χ1) is 15.1. The molecule has 3 N–H and O–H groups in total. The highest BCUT2D eigenvalue weighted by molar-refractivity contribution is 5.85. The number of unbranched alkanes of at least 4 members (excludes halogenated alkanes) is 2. The molecule has 1 aliphatic carbocycles. The van der Waals surface area contributed by atoms with E-state index in [1.807, 2.05) is 0 Å². The zero-order valence-corrected chi connectivity index (χ0v) is 17.3. The van der Waals surface area contributed by atoms with Crippen molar-refractivity contribution in [2.24, 2.45) is 5.73 Å². The van der Waals surface area contributed by atoms with E-state index in [9.17, 15) is 9.18 Å². The number of imidazole rings is 1. The largest absolute Gasteiger partial charge is 0.330 e. The van der Waals surface area contributed by atoms with Crippen LogP contribution in [0.2, 0.25) is 0 Å². The first kappa shape index (κ1) is 20.9. The van der Waals surface area contributed by atoms with Crippen molar-refractivity contribution in [3.05, 3.63) is 52.5 Å². The fourth-order valence-electron chi connectivity index (χ4n) is 4.07. The molecule has 1 amide bonds. The summed E-state index contributed by atoms with van der Waals surface area (Å²) in [6.45, 7) is 0.609. The molecule has 8 heteroatoms. The van der Waals surface area contributed by atoms with Gasteiger partial charge >= 0.3 is 6.08 Å². The highest BCUT2D eigenvalue weighted by atomic mass is 19.1. The molecule has 1 aliphatic rings. The van der Waals surface area contributed by atoms with Crippen LogP contribution in [0.25, 0.3) is 11.2 Å². The molecule has 0 bridgehead atoms. The third kappa shape index (κ3) is 4.57. The average molecular weight is 420 g/mol. The van der Waals surface area contributed by atoms with Crippen LogP contribution in [0.3, 0.4) is 0 Å². The van der Waals surface area contributed by atoms with Crippen molar-refractivity contribution in [1.29, 1.82) is 0 Å². The summed E-state index contributed by atoms with van der Waals surface area (Å²) in [4.78, 5) is 24.4. The van der Waals surface area contributed by atoms with Gasteiger partial charge in [-0.3, -0.25) is 10.2 Å². The fraction of sp³-hybridized carbons (Fsp3) is 0.391. The number of aryl methyl sites for hydroxylation is 2. The Bertz CT molecular complexity index is 1160. The van der Waals surface area contributed by atoms with Crippen LogP contribution in [-0.2, 0) is 24.1 Å². The Morgan fingerprint density at radius 2 is 2.03 bits per heavy atom. The molecule has 7 nitrogen and oxygen atoms in total. The maximum absolute atomic E-state index is 14.3. The van der Waals surface area contributed by atoms with Crippen LogP contribution < -0.4 is 11.2 Å². The lowest BCUT2D eigenvalue weighted by molar-refractivity contribution is -0.117. The summed E-state index contributed by atoms with van der Waals surface area (Å²) >= 11 is 0. The van der Waals surface area contributed by atoms with E-state index in [0.717, 1.165) is 49.7 Å². The molecule has 0 saturated carbocycles. The predicted octanol–water partition coefficient (Wildman–Crippen LogP) is 2.62. The van der Waals surface area contributed by atoms with Gasteiger partial charge in [0.15, 0.2) is 5.65 Å². The molecule has 0 unspecified atom stereocenters. The minimum atomic E-state index is -0.870. The zero-order chi connectivity index (χ0) is 21.8. The summed E-state index contributed by atoms with van der Waals surface area (Å²) in [6, 6.07) is 4.15. The average Bonchev–Trinajstić information content (AvgIpc) is 3.37. The van der Waals surface area contributed by atoms with Crippen molar-refractivity contribution >= 4 is 17.1 Å². The number of rotatable bonds is 8. The number of nitrogens with two attached hydrogens (primary N) is 1. The molecule has 4 rings (SSSR count). The van der Waals surface area contributed by atoms with Gasteiger partial charge in [-0.25, -0.2) is 14.6 Å². The number of halogens is 1. The summed E-state index contributed by atoms with van der Waals surface area (Å²) in [5.41, 5.74) is 13.6. The number of benzene rings is 1. The van der Waals surface area contributed by atoms with Crippen molar-refractivity contribution in [1.82, 2.24) is 19.6 Å². The minimum Gasteiger partial charge on any atom is -0.330 e. The Morgan fingerprint density at radius 1 is 1.23 bits per heavy atom. The van der Waals surface area contributed by atoms with Gasteiger partial charge < -0.3 is 5.73 Å². The summed E-state index contributed by atoms with van der Waals surface area (Å²) in [5, 5.41) is 0. The molecule has 0 aliphatic heterocycles. The molecule has 0 saturated heterocycles. The van der Waals surface area contributed by atoms with Crippen molar-refractivity contribution in [3.63, 3.8) is 0 Å². The van der Waals surface area contributed by atoms with Crippen LogP contribution in [0.15, 0.2) is 18.5 Å². The first-order valence-corrected chi connectivity index (χ1v) is 10.6. The van der Waals surface area contributed by atoms with E-state index >= 15 is 0 Å². The highest BCUT2D eigenvalue weighted by Crippen LogP contribution is 2.27. The second-order valence-corrected chi connectivity index (χ2v) is 7.81. The number of aromatic nitrogens is 4. The van der Waals surface area contributed by atoms with Crippen LogP contribution >= 0.6 is 0 Å². The van der Waals surface area contributed by atoms with E-state index < -0.39 is 6.08 Å².